The van der Waals surface area contributed by atoms with E-state index in [-0.39, 0.29) is 11.3 Å². The third-order valence-corrected chi connectivity index (χ3v) is 6.99. The molecule has 13 heteroatoms. The molecule has 5 rings (SSSR count). The normalized spacial score (nSPS) is 34.6. The lowest BCUT2D eigenvalue weighted by Gasteiger charge is -2.42. The fraction of sp³-hybridized carbons (Fsp3) is 0.444. The Hall–Kier alpha value is -2.95. The van der Waals surface area contributed by atoms with Gasteiger partial charge in [0.15, 0.2) is 6.29 Å². The molecule has 2 aromatic carbocycles. The van der Waals surface area contributed by atoms with E-state index in [2.05, 4.69) is 0 Å². The second-order valence-corrected chi connectivity index (χ2v) is 9.67. The van der Waals surface area contributed by atoms with Crippen LogP contribution in [0, 0.1) is 0 Å². The van der Waals surface area contributed by atoms with Gasteiger partial charge in [-0.1, -0.05) is 30.3 Å². The van der Waals surface area contributed by atoms with Gasteiger partial charge in [0, 0.05) is 17.5 Å². The van der Waals surface area contributed by atoms with Crippen molar-refractivity contribution in [3.63, 3.8) is 0 Å². The summed E-state index contributed by atoms with van der Waals surface area (Å²) in [6.07, 6.45) is -15.5. The molecular formula is C27H30O13. The van der Waals surface area contributed by atoms with Crippen LogP contribution < -0.4 is 10.4 Å². The van der Waals surface area contributed by atoms with Crippen LogP contribution in [0.1, 0.15) is 0 Å². The van der Waals surface area contributed by atoms with E-state index >= 15 is 0 Å². The fourth-order valence-corrected chi connectivity index (χ4v) is 4.75. The van der Waals surface area contributed by atoms with Crippen molar-refractivity contribution < 1.29 is 59.1 Å². The van der Waals surface area contributed by atoms with Gasteiger partial charge in [-0.2, -0.15) is 0 Å². The molecule has 0 saturated carbocycles. The maximum Gasteiger partial charge on any atom is 0.336 e. The molecule has 2 aliphatic heterocycles. The maximum atomic E-state index is 12.2. The molecule has 2 saturated heterocycles. The summed E-state index contributed by atoms with van der Waals surface area (Å²) >= 11 is 0. The number of benzene rings is 2. The first-order valence-electron chi connectivity index (χ1n) is 12.6. The molecule has 2 aliphatic rings. The van der Waals surface area contributed by atoms with Crippen molar-refractivity contribution in [2.75, 3.05) is 13.2 Å². The van der Waals surface area contributed by atoms with Crippen molar-refractivity contribution in [1.29, 1.82) is 0 Å². The van der Waals surface area contributed by atoms with Crippen molar-refractivity contribution in [2.45, 2.75) is 61.4 Å². The highest BCUT2D eigenvalue weighted by Crippen LogP contribution is 2.32. The average Bonchev–Trinajstić information content (AvgIpc) is 2.96. The molecule has 2 fully saturated rings. The van der Waals surface area contributed by atoms with Crippen LogP contribution in [0.25, 0.3) is 22.1 Å². The summed E-state index contributed by atoms with van der Waals surface area (Å²) < 4.78 is 27.4. The molecule has 0 unspecified atom stereocenters. The highest BCUT2D eigenvalue weighted by molar-refractivity contribution is 5.93. The number of hydrogen-bond donors (Lipinski definition) is 7. The van der Waals surface area contributed by atoms with Crippen LogP contribution >= 0.6 is 0 Å². The molecule has 40 heavy (non-hydrogen) atoms. The van der Waals surface area contributed by atoms with E-state index in [4.69, 9.17) is 23.4 Å². The Balaban J connectivity index is 1.31. The lowest BCUT2D eigenvalue weighted by Crippen LogP contribution is -2.62. The lowest BCUT2D eigenvalue weighted by molar-refractivity contribution is -0.323. The van der Waals surface area contributed by atoms with Gasteiger partial charge in [0.2, 0.25) is 6.29 Å². The Labute approximate surface area is 227 Å². The minimum Gasteiger partial charge on any atom is -0.462 e. The van der Waals surface area contributed by atoms with Gasteiger partial charge in [-0.3, -0.25) is 0 Å². The summed E-state index contributed by atoms with van der Waals surface area (Å²) in [5.41, 5.74) is 1.08. The third kappa shape index (κ3) is 5.62. The first-order chi connectivity index (χ1) is 19.2. The van der Waals surface area contributed by atoms with Crippen molar-refractivity contribution in [3.05, 3.63) is 65.0 Å². The standard InChI is InChI=1S/C27H30O13/c28-10-17-20(30)22(32)24(34)26(39-17)36-11-18-21(31)23(33)25(35)27(40-18)37-13-6-7-14-15(12-4-2-1-3-5-12)9-19(29)38-16(14)8-13/h1-9,17-18,20-28,30-35H,10-11H2/t17-,18-,20-,21-,22+,23+,24-,25-,26-,27-/m1/s1. The van der Waals surface area contributed by atoms with Gasteiger partial charge in [0.1, 0.15) is 60.2 Å². The van der Waals surface area contributed by atoms with Crippen LogP contribution in [0.4, 0.5) is 0 Å². The number of fused-ring (bicyclic) bond motifs is 1. The van der Waals surface area contributed by atoms with E-state index in [1.807, 2.05) is 30.3 Å². The molecule has 10 atom stereocenters. The topological polar surface area (TPSA) is 209 Å². The molecule has 0 bridgehead atoms. The quantitative estimate of drug-likeness (QED) is 0.163. The van der Waals surface area contributed by atoms with Crippen LogP contribution in [0.15, 0.2) is 63.8 Å². The van der Waals surface area contributed by atoms with E-state index in [0.29, 0.717) is 10.9 Å². The highest BCUT2D eigenvalue weighted by atomic mass is 16.7. The van der Waals surface area contributed by atoms with Gasteiger partial charge in [-0.05, 0) is 23.3 Å². The second kappa shape index (κ2) is 11.9. The third-order valence-electron chi connectivity index (χ3n) is 6.99. The summed E-state index contributed by atoms with van der Waals surface area (Å²) in [6, 6.07) is 15.3. The molecule has 13 nitrogen and oxygen atoms in total. The van der Waals surface area contributed by atoms with Crippen molar-refractivity contribution in [3.8, 4) is 16.9 Å². The molecule has 3 aromatic rings. The molecule has 0 aliphatic carbocycles. The first-order valence-corrected chi connectivity index (χ1v) is 12.6. The van der Waals surface area contributed by atoms with Crippen LogP contribution in [0.5, 0.6) is 5.75 Å². The van der Waals surface area contributed by atoms with Crippen LogP contribution in [-0.4, -0.2) is 110 Å². The average molecular weight is 563 g/mol. The Bertz CT molecular complexity index is 1350. The maximum absolute atomic E-state index is 12.2. The van der Waals surface area contributed by atoms with Gasteiger partial charge in [-0.25, -0.2) is 4.79 Å². The molecule has 3 heterocycles. The SMILES string of the molecule is O=c1cc(-c2ccccc2)c2ccc(O[C@@H]3O[C@H](CO[C@@H]4O[C@H](CO)[C@@H](O)[C@H](O)[C@H]4O)[C@@H](O)[C@H](O)[C@H]3O)cc2o1. The number of aliphatic hydroxyl groups excluding tert-OH is 7. The van der Waals surface area contributed by atoms with Gasteiger partial charge >= 0.3 is 5.63 Å². The Morgan fingerprint density at radius 1 is 0.725 bits per heavy atom. The molecule has 7 N–H and O–H groups in total. The van der Waals surface area contributed by atoms with Crippen LogP contribution in [-0.2, 0) is 14.2 Å². The van der Waals surface area contributed by atoms with E-state index in [0.717, 1.165) is 5.56 Å². The zero-order valence-corrected chi connectivity index (χ0v) is 21.0. The van der Waals surface area contributed by atoms with Gasteiger partial charge in [-0.15, -0.1) is 0 Å². The number of rotatable bonds is 7. The zero-order valence-electron chi connectivity index (χ0n) is 21.0. The number of aliphatic hydroxyl groups is 7. The Morgan fingerprint density at radius 3 is 2.08 bits per heavy atom. The predicted molar refractivity (Wildman–Crippen MR) is 135 cm³/mol. The smallest absolute Gasteiger partial charge is 0.336 e. The summed E-state index contributed by atoms with van der Waals surface area (Å²) in [5, 5.41) is 71.3. The summed E-state index contributed by atoms with van der Waals surface area (Å²) in [5.74, 6) is 0.127. The molecule has 0 amide bonds. The lowest BCUT2D eigenvalue weighted by atomic mass is 9.98. The first kappa shape index (κ1) is 28.6. The fourth-order valence-electron chi connectivity index (χ4n) is 4.75. The van der Waals surface area contributed by atoms with Crippen molar-refractivity contribution in [2.24, 2.45) is 0 Å². The van der Waals surface area contributed by atoms with Gasteiger partial charge in [0.25, 0.3) is 0 Å². The molecule has 1 aromatic heterocycles. The molecule has 216 valence electrons. The summed E-state index contributed by atoms with van der Waals surface area (Å²) in [7, 11) is 0. The minimum absolute atomic E-state index is 0.127. The van der Waals surface area contributed by atoms with E-state index < -0.39 is 80.3 Å². The predicted octanol–water partition coefficient (Wildman–Crippen LogP) is -1.54. The highest BCUT2D eigenvalue weighted by Gasteiger charge is 2.47. The monoisotopic (exact) mass is 562 g/mol. The van der Waals surface area contributed by atoms with E-state index in [1.54, 1.807) is 12.1 Å². The molecular weight excluding hydrogens is 532 g/mol. The van der Waals surface area contributed by atoms with E-state index in [9.17, 15) is 40.5 Å². The summed E-state index contributed by atoms with van der Waals surface area (Å²) in [4.78, 5) is 12.2. The number of ether oxygens (including phenoxy) is 4. The Kier molecular flexibility index (Phi) is 8.49. The van der Waals surface area contributed by atoms with Gasteiger partial charge < -0.3 is 59.1 Å². The summed E-state index contributed by atoms with van der Waals surface area (Å²) in [6.45, 7) is -1.16. The minimum atomic E-state index is -1.72. The largest absolute Gasteiger partial charge is 0.462 e. The van der Waals surface area contributed by atoms with E-state index in [1.165, 1.54) is 12.1 Å². The van der Waals surface area contributed by atoms with Gasteiger partial charge in [0.05, 0.1) is 13.2 Å². The Morgan fingerprint density at radius 2 is 1.38 bits per heavy atom. The van der Waals surface area contributed by atoms with Crippen molar-refractivity contribution in [1.82, 2.24) is 0 Å². The van der Waals surface area contributed by atoms with Crippen molar-refractivity contribution >= 4 is 11.0 Å². The zero-order chi connectivity index (χ0) is 28.6. The molecule has 0 spiro atoms. The van der Waals surface area contributed by atoms with Crippen LogP contribution in [0.3, 0.4) is 0 Å². The van der Waals surface area contributed by atoms with Crippen LogP contribution in [0.2, 0.25) is 0 Å². The second-order valence-electron chi connectivity index (χ2n) is 9.67. The molecule has 0 radical (unpaired) electrons. The number of hydrogen-bond acceptors (Lipinski definition) is 13.